The van der Waals surface area contributed by atoms with Crippen molar-refractivity contribution < 1.29 is 0 Å². The Morgan fingerprint density at radius 2 is 1.60 bits per heavy atom. The second-order valence-corrected chi connectivity index (χ2v) is 6.65. The summed E-state index contributed by atoms with van der Waals surface area (Å²) in [5, 5.41) is 5.64. The van der Waals surface area contributed by atoms with Crippen LogP contribution in [-0.2, 0) is 5.75 Å². The molecule has 25 heavy (non-hydrogen) atoms. The van der Waals surface area contributed by atoms with E-state index in [2.05, 4.69) is 52.6 Å². The third kappa shape index (κ3) is 3.98. The maximum absolute atomic E-state index is 4.65. The van der Waals surface area contributed by atoms with Crippen molar-refractivity contribution in [3.8, 4) is 0 Å². The Morgan fingerprint density at radius 3 is 2.40 bits per heavy atom. The summed E-state index contributed by atoms with van der Waals surface area (Å²) in [4.78, 5) is 4.59. The van der Waals surface area contributed by atoms with E-state index in [1.165, 1.54) is 5.56 Å². The fraction of sp³-hybridized carbons (Fsp3) is 0.0476. The summed E-state index contributed by atoms with van der Waals surface area (Å²) < 4.78 is 1.85. The van der Waals surface area contributed by atoms with Gasteiger partial charge in [-0.15, -0.1) is 0 Å². The van der Waals surface area contributed by atoms with Gasteiger partial charge in [-0.05, 0) is 29.3 Å². The molecule has 0 aliphatic rings. The molecule has 2 aromatic carbocycles. The summed E-state index contributed by atoms with van der Waals surface area (Å²) in [6.07, 6.45) is 6.04. The molecule has 0 unspecified atom stereocenters. The molecular formula is C21H17N3S. The van der Waals surface area contributed by atoms with E-state index in [9.17, 15) is 0 Å². The SMILES string of the molecule is C(=C\c1cn2nc(SCc3ccccc3)ccc2n1)/c1ccccc1. The lowest BCUT2D eigenvalue weighted by atomic mass is 10.2. The number of imidazole rings is 1. The minimum Gasteiger partial charge on any atom is -0.228 e. The Bertz CT molecular complexity index is 992. The summed E-state index contributed by atoms with van der Waals surface area (Å²) in [5.41, 5.74) is 4.22. The highest BCUT2D eigenvalue weighted by molar-refractivity contribution is 7.98. The average Bonchev–Trinajstić information content (AvgIpc) is 3.08. The van der Waals surface area contributed by atoms with E-state index in [0.29, 0.717) is 0 Å². The van der Waals surface area contributed by atoms with Crippen LogP contribution in [0.25, 0.3) is 17.8 Å². The van der Waals surface area contributed by atoms with Gasteiger partial charge in [0, 0.05) is 5.75 Å². The van der Waals surface area contributed by atoms with Crippen molar-refractivity contribution in [2.45, 2.75) is 10.8 Å². The number of aromatic nitrogens is 3. The van der Waals surface area contributed by atoms with Crippen LogP contribution in [0.2, 0.25) is 0 Å². The van der Waals surface area contributed by atoms with Gasteiger partial charge < -0.3 is 0 Å². The monoisotopic (exact) mass is 343 g/mol. The summed E-state index contributed by atoms with van der Waals surface area (Å²) in [6, 6.07) is 24.7. The van der Waals surface area contributed by atoms with Crippen LogP contribution in [0.4, 0.5) is 0 Å². The van der Waals surface area contributed by atoms with Gasteiger partial charge in [0.05, 0.1) is 11.9 Å². The average molecular weight is 343 g/mol. The van der Waals surface area contributed by atoms with Crippen LogP contribution in [0.1, 0.15) is 16.8 Å². The van der Waals surface area contributed by atoms with Crippen molar-refractivity contribution in [2.24, 2.45) is 0 Å². The zero-order valence-electron chi connectivity index (χ0n) is 13.6. The normalized spacial score (nSPS) is 11.4. The van der Waals surface area contributed by atoms with Crippen molar-refractivity contribution in [2.75, 3.05) is 0 Å². The Hall–Kier alpha value is -2.85. The molecule has 2 heterocycles. The molecule has 0 aliphatic heterocycles. The molecule has 0 spiro atoms. The van der Waals surface area contributed by atoms with Gasteiger partial charge in [0.15, 0.2) is 5.65 Å². The molecule has 0 atom stereocenters. The molecule has 0 fully saturated rings. The number of fused-ring (bicyclic) bond motifs is 1. The molecule has 0 radical (unpaired) electrons. The van der Waals surface area contributed by atoms with Gasteiger partial charge in [-0.2, -0.15) is 5.10 Å². The van der Waals surface area contributed by atoms with Gasteiger partial charge in [0.2, 0.25) is 0 Å². The van der Waals surface area contributed by atoms with Gasteiger partial charge >= 0.3 is 0 Å². The quantitative estimate of drug-likeness (QED) is 0.467. The summed E-state index contributed by atoms with van der Waals surface area (Å²) >= 11 is 1.73. The van der Waals surface area contributed by atoms with Crippen LogP contribution in [0.5, 0.6) is 0 Å². The highest BCUT2D eigenvalue weighted by Crippen LogP contribution is 2.21. The first-order chi connectivity index (χ1) is 12.4. The second-order valence-electron chi connectivity index (χ2n) is 5.66. The molecule has 0 bridgehead atoms. The highest BCUT2D eigenvalue weighted by atomic mass is 32.2. The summed E-state index contributed by atoms with van der Waals surface area (Å²) in [5.74, 6) is 0.912. The van der Waals surface area contributed by atoms with Crippen molar-refractivity contribution >= 4 is 29.6 Å². The van der Waals surface area contributed by atoms with Gasteiger partial charge in [-0.25, -0.2) is 9.50 Å². The lowest BCUT2D eigenvalue weighted by Gasteiger charge is -2.01. The van der Waals surface area contributed by atoms with Crippen LogP contribution in [0.3, 0.4) is 0 Å². The first kappa shape index (κ1) is 15.7. The Morgan fingerprint density at radius 1 is 0.840 bits per heavy atom. The molecule has 4 rings (SSSR count). The molecule has 2 aromatic heterocycles. The molecule has 3 nitrogen and oxygen atoms in total. The van der Waals surface area contributed by atoms with E-state index < -0.39 is 0 Å². The molecule has 0 saturated carbocycles. The molecular weight excluding hydrogens is 326 g/mol. The Labute approximate surface area is 151 Å². The molecule has 122 valence electrons. The van der Waals surface area contributed by atoms with Gasteiger partial charge in [0.25, 0.3) is 0 Å². The lowest BCUT2D eigenvalue weighted by Crippen LogP contribution is -1.92. The predicted molar refractivity (Wildman–Crippen MR) is 104 cm³/mol. The van der Waals surface area contributed by atoms with Crippen LogP contribution < -0.4 is 0 Å². The number of hydrogen-bond acceptors (Lipinski definition) is 3. The predicted octanol–water partition coefficient (Wildman–Crippen LogP) is 5.19. The molecule has 4 heteroatoms. The summed E-state index contributed by atoms with van der Waals surface area (Å²) in [7, 11) is 0. The van der Waals surface area contributed by atoms with Crippen LogP contribution in [0.15, 0.2) is 84.0 Å². The van der Waals surface area contributed by atoms with Gasteiger partial charge in [-0.3, -0.25) is 0 Å². The Kier molecular flexibility index (Phi) is 4.61. The van der Waals surface area contributed by atoms with Crippen molar-refractivity contribution in [1.82, 2.24) is 14.6 Å². The standard InChI is InChI=1S/C21H17N3S/c1-3-7-17(8-4-1)11-12-19-15-24-20(22-19)13-14-21(23-24)25-16-18-9-5-2-6-10-18/h1-15H,16H2/b12-11+. The largest absolute Gasteiger partial charge is 0.228 e. The first-order valence-corrected chi connectivity index (χ1v) is 9.12. The molecule has 0 N–H and O–H groups in total. The van der Waals surface area contributed by atoms with Crippen molar-refractivity contribution in [3.63, 3.8) is 0 Å². The molecule has 0 saturated heterocycles. The highest BCUT2D eigenvalue weighted by Gasteiger charge is 2.03. The minimum absolute atomic E-state index is 0.858. The van der Waals surface area contributed by atoms with E-state index in [1.54, 1.807) is 11.8 Å². The van der Waals surface area contributed by atoms with E-state index in [4.69, 9.17) is 0 Å². The smallest absolute Gasteiger partial charge is 0.154 e. The maximum atomic E-state index is 4.65. The van der Waals surface area contributed by atoms with Crippen LogP contribution in [0, 0.1) is 0 Å². The van der Waals surface area contributed by atoms with Crippen molar-refractivity contribution in [1.29, 1.82) is 0 Å². The Balaban J connectivity index is 1.50. The second kappa shape index (κ2) is 7.36. The number of hydrogen-bond donors (Lipinski definition) is 0. The van der Waals surface area contributed by atoms with Crippen LogP contribution in [-0.4, -0.2) is 14.6 Å². The topological polar surface area (TPSA) is 30.2 Å². The van der Waals surface area contributed by atoms with E-state index >= 15 is 0 Å². The number of nitrogens with zero attached hydrogens (tertiary/aromatic N) is 3. The van der Waals surface area contributed by atoms with Gasteiger partial charge in [-0.1, -0.05) is 78.5 Å². The number of thioether (sulfide) groups is 1. The minimum atomic E-state index is 0.858. The van der Waals surface area contributed by atoms with Crippen molar-refractivity contribution in [3.05, 3.63) is 95.8 Å². The van der Waals surface area contributed by atoms with E-state index in [-0.39, 0.29) is 0 Å². The molecule has 0 amide bonds. The fourth-order valence-corrected chi connectivity index (χ4v) is 3.33. The third-order valence-corrected chi connectivity index (χ3v) is 4.78. The first-order valence-electron chi connectivity index (χ1n) is 8.13. The molecule has 4 aromatic rings. The maximum Gasteiger partial charge on any atom is 0.154 e. The summed E-state index contributed by atoms with van der Waals surface area (Å²) in [6.45, 7) is 0. The van der Waals surface area contributed by atoms with Crippen LogP contribution >= 0.6 is 11.8 Å². The number of rotatable bonds is 5. The number of benzene rings is 2. The van der Waals surface area contributed by atoms with E-state index in [0.717, 1.165) is 27.7 Å². The molecule has 0 aliphatic carbocycles. The zero-order chi connectivity index (χ0) is 16.9. The lowest BCUT2D eigenvalue weighted by molar-refractivity contribution is 0.858. The third-order valence-electron chi connectivity index (χ3n) is 3.79. The zero-order valence-corrected chi connectivity index (χ0v) is 14.4. The fourth-order valence-electron chi connectivity index (χ4n) is 2.52. The van der Waals surface area contributed by atoms with E-state index in [1.807, 2.05) is 53.2 Å². The van der Waals surface area contributed by atoms with Gasteiger partial charge in [0.1, 0.15) is 5.03 Å².